The largest absolute Gasteiger partial charge is 0.325 e. The molecule has 3 heteroatoms. The van der Waals surface area contributed by atoms with E-state index in [2.05, 4.69) is 59.2 Å². The summed E-state index contributed by atoms with van der Waals surface area (Å²) in [5.74, 6) is 0.951. The average molecular weight is 257 g/mol. The van der Waals surface area contributed by atoms with Crippen LogP contribution < -0.4 is 5.32 Å². The van der Waals surface area contributed by atoms with Gasteiger partial charge in [0.05, 0.1) is 5.69 Å². The van der Waals surface area contributed by atoms with Gasteiger partial charge in [-0.1, -0.05) is 38.5 Å². The Bertz CT molecular complexity index is 529. The van der Waals surface area contributed by atoms with Gasteiger partial charge in [-0.25, -0.2) is 4.98 Å². The fourth-order valence-electron chi connectivity index (χ4n) is 2.22. The second-order valence-electron chi connectivity index (χ2n) is 4.89. The third kappa shape index (κ3) is 3.37. The number of imidazole rings is 1. The smallest absolute Gasteiger partial charge is 0.207 e. The van der Waals surface area contributed by atoms with Gasteiger partial charge in [0.15, 0.2) is 0 Å². The quantitative estimate of drug-likeness (QED) is 0.836. The summed E-state index contributed by atoms with van der Waals surface area (Å²) in [7, 11) is 0. The predicted molar refractivity (Wildman–Crippen MR) is 81.0 cm³/mol. The maximum atomic E-state index is 4.59. The van der Waals surface area contributed by atoms with Crippen molar-refractivity contribution < 1.29 is 0 Å². The molecule has 1 heterocycles. The molecular weight excluding hydrogens is 234 g/mol. The van der Waals surface area contributed by atoms with Crippen LogP contribution in [0, 0.1) is 6.92 Å². The van der Waals surface area contributed by atoms with E-state index in [1.165, 1.54) is 18.4 Å². The fourth-order valence-corrected chi connectivity index (χ4v) is 2.22. The third-order valence-electron chi connectivity index (χ3n) is 3.29. The number of nitrogens with zero attached hydrogens (tertiary/aromatic N) is 2. The maximum absolute atomic E-state index is 4.59. The van der Waals surface area contributed by atoms with E-state index in [0.717, 1.165) is 30.3 Å². The van der Waals surface area contributed by atoms with Crippen molar-refractivity contribution in [1.29, 1.82) is 0 Å². The average Bonchev–Trinajstić information content (AvgIpc) is 2.77. The van der Waals surface area contributed by atoms with Crippen LogP contribution in [-0.2, 0) is 13.0 Å². The number of hydrogen-bond acceptors (Lipinski definition) is 2. The first kappa shape index (κ1) is 13.7. The van der Waals surface area contributed by atoms with Gasteiger partial charge in [0.1, 0.15) is 0 Å². The van der Waals surface area contributed by atoms with E-state index in [-0.39, 0.29) is 0 Å². The molecule has 0 bridgehead atoms. The number of aryl methyl sites for hydroxylation is 3. The highest BCUT2D eigenvalue weighted by atomic mass is 15.2. The van der Waals surface area contributed by atoms with Crippen LogP contribution in [0.25, 0.3) is 0 Å². The fraction of sp³-hybridized carbons (Fsp3) is 0.438. The van der Waals surface area contributed by atoms with Crippen molar-refractivity contribution in [3.05, 3.63) is 41.7 Å². The Kier molecular flexibility index (Phi) is 4.61. The van der Waals surface area contributed by atoms with E-state index in [1.807, 2.05) is 6.92 Å². The first-order valence-electron chi connectivity index (χ1n) is 7.13. The van der Waals surface area contributed by atoms with Gasteiger partial charge < -0.3 is 9.88 Å². The second-order valence-corrected chi connectivity index (χ2v) is 4.89. The summed E-state index contributed by atoms with van der Waals surface area (Å²) in [4.78, 5) is 4.59. The molecule has 0 spiro atoms. The van der Waals surface area contributed by atoms with Crippen molar-refractivity contribution in [2.45, 2.75) is 46.6 Å². The molecule has 2 aromatic rings. The summed E-state index contributed by atoms with van der Waals surface area (Å²) in [5.41, 5.74) is 3.55. The number of anilines is 2. The summed E-state index contributed by atoms with van der Waals surface area (Å²) < 4.78 is 2.21. The van der Waals surface area contributed by atoms with Crippen LogP contribution in [-0.4, -0.2) is 9.55 Å². The van der Waals surface area contributed by atoms with Crippen LogP contribution in [0.4, 0.5) is 11.6 Å². The van der Waals surface area contributed by atoms with Crippen LogP contribution in [0.3, 0.4) is 0 Å². The molecule has 0 saturated carbocycles. The van der Waals surface area contributed by atoms with Gasteiger partial charge >= 0.3 is 0 Å². The van der Waals surface area contributed by atoms with Gasteiger partial charge in [-0.2, -0.15) is 0 Å². The minimum Gasteiger partial charge on any atom is -0.325 e. The Morgan fingerprint density at radius 2 is 2.00 bits per heavy atom. The first-order chi connectivity index (χ1) is 9.24. The third-order valence-corrected chi connectivity index (χ3v) is 3.29. The monoisotopic (exact) mass is 257 g/mol. The Balaban J connectivity index is 2.22. The summed E-state index contributed by atoms with van der Waals surface area (Å²) in [6.07, 6.45) is 5.52. The highest BCUT2D eigenvalue weighted by molar-refractivity contribution is 5.59. The maximum Gasteiger partial charge on any atom is 0.207 e. The lowest BCUT2D eigenvalue weighted by Crippen LogP contribution is -2.04. The first-order valence-corrected chi connectivity index (χ1v) is 7.13. The highest BCUT2D eigenvalue weighted by Crippen LogP contribution is 2.21. The Morgan fingerprint density at radius 3 is 2.74 bits per heavy atom. The van der Waals surface area contributed by atoms with Gasteiger partial charge in [0.25, 0.3) is 0 Å². The van der Waals surface area contributed by atoms with Gasteiger partial charge in [-0.05, 0) is 31.4 Å². The molecule has 3 nitrogen and oxygen atoms in total. The number of nitrogens with one attached hydrogen (secondary N) is 1. The molecule has 0 amide bonds. The van der Waals surface area contributed by atoms with E-state index < -0.39 is 0 Å². The van der Waals surface area contributed by atoms with Gasteiger partial charge in [-0.15, -0.1) is 0 Å². The predicted octanol–water partition coefficient (Wildman–Crippen LogP) is 4.30. The molecule has 0 aliphatic rings. The normalized spacial score (nSPS) is 10.7. The van der Waals surface area contributed by atoms with E-state index in [1.54, 1.807) is 0 Å². The molecular formula is C16H23N3. The minimum absolute atomic E-state index is 0.951. The van der Waals surface area contributed by atoms with Crippen molar-refractivity contribution in [3.63, 3.8) is 0 Å². The summed E-state index contributed by atoms with van der Waals surface area (Å²) in [6, 6.07) is 8.42. The molecule has 1 N–H and O–H groups in total. The Hall–Kier alpha value is -1.77. The molecule has 1 aromatic carbocycles. The Labute approximate surface area is 115 Å². The molecule has 0 fully saturated rings. The lowest BCUT2D eigenvalue weighted by atomic mass is 10.1. The molecule has 0 unspecified atom stereocenters. The van der Waals surface area contributed by atoms with Crippen molar-refractivity contribution >= 4 is 11.6 Å². The molecule has 0 aliphatic carbocycles. The highest BCUT2D eigenvalue weighted by Gasteiger charge is 2.07. The van der Waals surface area contributed by atoms with Crippen LogP contribution in [0.1, 0.15) is 37.9 Å². The minimum atomic E-state index is 0.951. The van der Waals surface area contributed by atoms with Gasteiger partial charge in [-0.3, -0.25) is 0 Å². The van der Waals surface area contributed by atoms with Crippen molar-refractivity contribution in [3.8, 4) is 0 Å². The number of hydrogen-bond donors (Lipinski definition) is 1. The van der Waals surface area contributed by atoms with Crippen molar-refractivity contribution in [1.82, 2.24) is 9.55 Å². The molecule has 0 radical (unpaired) electrons. The number of para-hydroxylation sites is 1. The van der Waals surface area contributed by atoms with E-state index in [4.69, 9.17) is 0 Å². The lowest BCUT2D eigenvalue weighted by Gasteiger charge is -2.12. The number of benzene rings is 1. The van der Waals surface area contributed by atoms with Crippen LogP contribution in [0.2, 0.25) is 0 Å². The van der Waals surface area contributed by atoms with Crippen molar-refractivity contribution in [2.75, 3.05) is 5.32 Å². The molecule has 2 rings (SSSR count). The zero-order valence-corrected chi connectivity index (χ0v) is 12.1. The van der Waals surface area contributed by atoms with Crippen LogP contribution in [0.15, 0.2) is 30.5 Å². The van der Waals surface area contributed by atoms with Crippen LogP contribution >= 0.6 is 0 Å². The van der Waals surface area contributed by atoms with Gasteiger partial charge in [0.2, 0.25) is 5.95 Å². The zero-order valence-electron chi connectivity index (χ0n) is 12.1. The lowest BCUT2D eigenvalue weighted by molar-refractivity contribution is 0.637. The second kappa shape index (κ2) is 6.41. The standard InChI is InChI=1S/C16H23N3/c1-4-6-11-19-12-13(3)17-16(19)18-15-10-8-7-9-14(15)5-2/h7-10,12H,4-6,11H2,1-3H3,(H,17,18). The zero-order chi connectivity index (χ0) is 13.7. The number of unbranched alkanes of at least 4 members (excludes halogenated alkanes) is 1. The van der Waals surface area contributed by atoms with Crippen molar-refractivity contribution in [2.24, 2.45) is 0 Å². The van der Waals surface area contributed by atoms with E-state index in [0.29, 0.717) is 0 Å². The van der Waals surface area contributed by atoms with Gasteiger partial charge in [0, 0.05) is 18.4 Å². The molecule has 0 aliphatic heterocycles. The molecule has 0 atom stereocenters. The number of rotatable bonds is 6. The Morgan fingerprint density at radius 1 is 1.21 bits per heavy atom. The number of aromatic nitrogens is 2. The molecule has 0 saturated heterocycles. The summed E-state index contributed by atoms with van der Waals surface area (Å²) in [5, 5.41) is 3.47. The van der Waals surface area contributed by atoms with Crippen LogP contribution in [0.5, 0.6) is 0 Å². The van der Waals surface area contributed by atoms with E-state index >= 15 is 0 Å². The molecule has 102 valence electrons. The summed E-state index contributed by atoms with van der Waals surface area (Å²) >= 11 is 0. The SMILES string of the molecule is CCCCn1cc(C)nc1Nc1ccccc1CC. The molecule has 1 aromatic heterocycles. The van der Waals surface area contributed by atoms with E-state index in [9.17, 15) is 0 Å². The summed E-state index contributed by atoms with van der Waals surface area (Å²) in [6.45, 7) is 7.45. The molecule has 19 heavy (non-hydrogen) atoms. The topological polar surface area (TPSA) is 29.9 Å².